The number of nitrogens with one attached hydrogen (secondary N) is 1. The van der Waals surface area contributed by atoms with Gasteiger partial charge in [0.2, 0.25) is 5.13 Å². The van der Waals surface area contributed by atoms with Gasteiger partial charge < -0.3 is 10.1 Å². The molecule has 1 N–H and O–H groups in total. The topological polar surface area (TPSA) is 64.9 Å². The van der Waals surface area contributed by atoms with Crippen molar-refractivity contribution in [2.75, 3.05) is 19.0 Å². The van der Waals surface area contributed by atoms with Gasteiger partial charge in [0.05, 0.1) is 18.3 Å². The highest BCUT2D eigenvalue weighted by molar-refractivity contribution is 7.09. The molecular formula is C14H23N5OS. The molecule has 0 spiro atoms. The second-order valence-electron chi connectivity index (χ2n) is 5.07. The average Bonchev–Trinajstić information content (AvgIpc) is 3.00. The molecule has 1 unspecified atom stereocenters. The molecule has 116 valence electrons. The number of methoxy groups -OCH3 is 1. The summed E-state index contributed by atoms with van der Waals surface area (Å²) in [4.78, 5) is 4.52. The molecule has 2 aromatic rings. The van der Waals surface area contributed by atoms with Crippen molar-refractivity contribution in [2.45, 2.75) is 39.7 Å². The molecule has 21 heavy (non-hydrogen) atoms. The zero-order valence-electron chi connectivity index (χ0n) is 13.3. The lowest BCUT2D eigenvalue weighted by Crippen LogP contribution is -2.12. The van der Waals surface area contributed by atoms with Crippen LogP contribution in [0.15, 0.2) is 0 Å². The maximum Gasteiger partial charge on any atom is 0.203 e. The van der Waals surface area contributed by atoms with E-state index in [2.05, 4.69) is 40.5 Å². The Balaban J connectivity index is 2.13. The predicted octanol–water partition coefficient (Wildman–Crippen LogP) is 2.64. The van der Waals surface area contributed by atoms with Gasteiger partial charge in [-0.25, -0.2) is 4.98 Å². The first kappa shape index (κ1) is 15.9. The highest BCUT2D eigenvalue weighted by atomic mass is 32.1. The van der Waals surface area contributed by atoms with Crippen LogP contribution in [-0.4, -0.2) is 32.9 Å². The third-order valence-electron chi connectivity index (χ3n) is 3.62. The molecule has 0 saturated carbocycles. The third kappa shape index (κ3) is 3.59. The number of aryl methyl sites for hydroxylation is 2. The Kier molecular flexibility index (Phi) is 5.30. The van der Waals surface area contributed by atoms with Gasteiger partial charge >= 0.3 is 0 Å². The lowest BCUT2D eigenvalue weighted by atomic mass is 10.0. The van der Waals surface area contributed by atoms with Gasteiger partial charge in [-0.3, -0.25) is 4.68 Å². The van der Waals surface area contributed by atoms with Gasteiger partial charge in [-0.1, -0.05) is 6.92 Å². The van der Waals surface area contributed by atoms with E-state index in [4.69, 9.17) is 4.74 Å². The quantitative estimate of drug-likeness (QED) is 0.852. The maximum absolute atomic E-state index is 5.05. The molecule has 0 radical (unpaired) electrons. The number of ether oxygens (including phenoxy) is 1. The first-order valence-electron chi connectivity index (χ1n) is 7.15. The van der Waals surface area contributed by atoms with E-state index in [0.29, 0.717) is 6.61 Å². The van der Waals surface area contributed by atoms with Crippen molar-refractivity contribution in [2.24, 2.45) is 7.05 Å². The van der Waals surface area contributed by atoms with E-state index in [-0.39, 0.29) is 6.04 Å². The first-order chi connectivity index (χ1) is 10.1. The Labute approximate surface area is 129 Å². The summed E-state index contributed by atoms with van der Waals surface area (Å²) < 4.78 is 11.3. The van der Waals surface area contributed by atoms with Crippen LogP contribution in [0.2, 0.25) is 0 Å². The largest absolute Gasteiger partial charge is 0.384 e. The van der Waals surface area contributed by atoms with Crippen molar-refractivity contribution in [3.8, 4) is 0 Å². The standard InChI is InChI=1S/C14H23N5OS/c1-6-11(13-9(2)17-19(4)10(13)3)15-14-16-12(18-21-14)7-8-20-5/h11H,6-8H2,1-5H3,(H,15,16,18). The minimum Gasteiger partial charge on any atom is -0.384 e. The Morgan fingerprint density at radius 1 is 1.38 bits per heavy atom. The SMILES string of the molecule is CCC(Nc1nc(CCOC)ns1)c1c(C)nn(C)c1C. The number of nitrogens with zero attached hydrogens (tertiary/aromatic N) is 4. The van der Waals surface area contributed by atoms with Crippen molar-refractivity contribution in [1.29, 1.82) is 0 Å². The number of anilines is 1. The molecule has 2 heterocycles. The molecule has 7 heteroatoms. The lowest BCUT2D eigenvalue weighted by Gasteiger charge is -2.16. The molecule has 0 amide bonds. The van der Waals surface area contributed by atoms with E-state index in [1.165, 1.54) is 22.8 Å². The molecule has 0 aliphatic rings. The number of aromatic nitrogens is 4. The van der Waals surface area contributed by atoms with E-state index >= 15 is 0 Å². The molecule has 2 rings (SSSR count). The first-order valence-corrected chi connectivity index (χ1v) is 7.92. The van der Waals surface area contributed by atoms with Crippen molar-refractivity contribution in [3.63, 3.8) is 0 Å². The summed E-state index contributed by atoms with van der Waals surface area (Å²) in [7, 11) is 3.67. The van der Waals surface area contributed by atoms with Crippen LogP contribution >= 0.6 is 11.5 Å². The van der Waals surface area contributed by atoms with Crippen LogP contribution in [0.3, 0.4) is 0 Å². The summed E-state index contributed by atoms with van der Waals surface area (Å²) >= 11 is 1.40. The summed E-state index contributed by atoms with van der Waals surface area (Å²) in [6, 6.07) is 0.210. The highest BCUT2D eigenvalue weighted by Crippen LogP contribution is 2.28. The van der Waals surface area contributed by atoms with Gasteiger partial charge in [0.1, 0.15) is 5.82 Å². The second-order valence-corrected chi connectivity index (χ2v) is 5.82. The fourth-order valence-electron chi connectivity index (χ4n) is 2.43. The Morgan fingerprint density at radius 3 is 2.71 bits per heavy atom. The zero-order valence-corrected chi connectivity index (χ0v) is 14.1. The predicted molar refractivity (Wildman–Crippen MR) is 84.8 cm³/mol. The molecule has 2 aromatic heterocycles. The van der Waals surface area contributed by atoms with E-state index < -0.39 is 0 Å². The minimum absolute atomic E-state index is 0.210. The monoisotopic (exact) mass is 309 g/mol. The maximum atomic E-state index is 5.05. The molecule has 0 aliphatic carbocycles. The minimum atomic E-state index is 0.210. The van der Waals surface area contributed by atoms with Gasteiger partial charge in [-0.05, 0) is 20.3 Å². The number of hydrogen-bond acceptors (Lipinski definition) is 6. The molecule has 0 aromatic carbocycles. The van der Waals surface area contributed by atoms with Crippen LogP contribution in [0.25, 0.3) is 0 Å². The molecule has 0 fully saturated rings. The van der Waals surface area contributed by atoms with Crippen molar-refractivity contribution < 1.29 is 4.74 Å². The van der Waals surface area contributed by atoms with Crippen molar-refractivity contribution in [1.82, 2.24) is 19.1 Å². The normalized spacial score (nSPS) is 12.6. The molecule has 0 bridgehead atoms. The van der Waals surface area contributed by atoms with Crippen LogP contribution < -0.4 is 5.32 Å². The van der Waals surface area contributed by atoms with Gasteiger partial charge in [0, 0.05) is 43.4 Å². The van der Waals surface area contributed by atoms with Crippen LogP contribution in [0.5, 0.6) is 0 Å². The molecular weight excluding hydrogens is 286 g/mol. The Bertz CT molecular complexity index is 592. The third-order valence-corrected chi connectivity index (χ3v) is 4.30. The summed E-state index contributed by atoms with van der Waals surface area (Å²) in [5.74, 6) is 0.832. The van der Waals surface area contributed by atoms with Gasteiger partial charge in [-0.15, -0.1) is 0 Å². The molecule has 0 aliphatic heterocycles. The van der Waals surface area contributed by atoms with Crippen molar-refractivity contribution >= 4 is 16.7 Å². The van der Waals surface area contributed by atoms with Crippen molar-refractivity contribution in [3.05, 3.63) is 22.8 Å². The lowest BCUT2D eigenvalue weighted by molar-refractivity contribution is 0.201. The molecule has 0 saturated heterocycles. The van der Waals surface area contributed by atoms with Gasteiger partial charge in [0.25, 0.3) is 0 Å². The van der Waals surface area contributed by atoms with Gasteiger partial charge in [0.15, 0.2) is 0 Å². The highest BCUT2D eigenvalue weighted by Gasteiger charge is 2.20. The number of hydrogen-bond donors (Lipinski definition) is 1. The average molecular weight is 309 g/mol. The molecule has 1 atom stereocenters. The zero-order chi connectivity index (χ0) is 15.4. The van der Waals surface area contributed by atoms with E-state index in [1.807, 2.05) is 11.7 Å². The molecule has 6 nitrogen and oxygen atoms in total. The van der Waals surface area contributed by atoms with Crippen LogP contribution in [0.1, 0.15) is 42.2 Å². The Hall–Kier alpha value is -1.47. The van der Waals surface area contributed by atoms with E-state index in [9.17, 15) is 0 Å². The van der Waals surface area contributed by atoms with E-state index in [0.717, 1.165) is 29.5 Å². The van der Waals surface area contributed by atoms with Crippen LogP contribution in [-0.2, 0) is 18.2 Å². The summed E-state index contributed by atoms with van der Waals surface area (Å²) in [6.07, 6.45) is 1.72. The fourth-order valence-corrected chi connectivity index (χ4v) is 3.09. The summed E-state index contributed by atoms with van der Waals surface area (Å²) in [5, 5.41) is 8.84. The summed E-state index contributed by atoms with van der Waals surface area (Å²) in [6.45, 7) is 6.96. The van der Waals surface area contributed by atoms with Crippen LogP contribution in [0.4, 0.5) is 5.13 Å². The van der Waals surface area contributed by atoms with E-state index in [1.54, 1.807) is 7.11 Å². The van der Waals surface area contributed by atoms with Gasteiger partial charge in [-0.2, -0.15) is 9.47 Å². The summed E-state index contributed by atoms with van der Waals surface area (Å²) in [5.41, 5.74) is 3.52. The number of rotatable bonds is 7. The second kappa shape index (κ2) is 7.00. The van der Waals surface area contributed by atoms with Crippen LogP contribution in [0, 0.1) is 13.8 Å². The fraction of sp³-hybridized carbons (Fsp3) is 0.643. The smallest absolute Gasteiger partial charge is 0.203 e. The Morgan fingerprint density at radius 2 is 2.14 bits per heavy atom.